The topological polar surface area (TPSA) is 83.7 Å². The van der Waals surface area contributed by atoms with Crippen LogP contribution in [0.25, 0.3) is 10.9 Å². The second-order valence-electron chi connectivity index (χ2n) is 6.19. The van der Waals surface area contributed by atoms with E-state index in [1.165, 1.54) is 11.8 Å². The highest BCUT2D eigenvalue weighted by Gasteiger charge is 2.17. The average molecular weight is 413 g/mol. The molecular weight excluding hydrogens is 396 g/mol. The van der Waals surface area contributed by atoms with Crippen molar-refractivity contribution in [1.82, 2.24) is 20.2 Å². The van der Waals surface area contributed by atoms with Crippen LogP contribution in [0.15, 0.2) is 53.7 Å². The maximum absolute atomic E-state index is 12.7. The Kier molecular flexibility index (Phi) is 5.36. The van der Waals surface area contributed by atoms with Gasteiger partial charge in [-0.3, -0.25) is 9.89 Å². The van der Waals surface area contributed by atoms with Crippen LogP contribution in [0.1, 0.15) is 21.9 Å². The number of benzene rings is 2. The number of aromatic nitrogens is 4. The number of nitrogens with zero attached hydrogens (tertiary/aromatic N) is 2. The highest BCUT2D eigenvalue weighted by atomic mass is 35.5. The van der Waals surface area contributed by atoms with Crippen LogP contribution < -0.4 is 4.74 Å². The molecule has 0 bridgehead atoms. The molecular formula is C20H17ClN4O2S. The van der Waals surface area contributed by atoms with Gasteiger partial charge >= 0.3 is 0 Å². The van der Waals surface area contributed by atoms with Gasteiger partial charge in [-0.2, -0.15) is 0 Å². The van der Waals surface area contributed by atoms with Crippen molar-refractivity contribution in [2.24, 2.45) is 0 Å². The lowest BCUT2D eigenvalue weighted by atomic mass is 10.1. The fraction of sp³-hybridized carbons (Fsp3) is 0.150. The van der Waals surface area contributed by atoms with Crippen LogP contribution in [0.4, 0.5) is 0 Å². The largest absolute Gasteiger partial charge is 0.486 e. The van der Waals surface area contributed by atoms with Gasteiger partial charge in [0.25, 0.3) is 0 Å². The van der Waals surface area contributed by atoms with Crippen LogP contribution in [-0.4, -0.2) is 31.7 Å². The van der Waals surface area contributed by atoms with Gasteiger partial charge in [-0.25, -0.2) is 4.98 Å². The number of rotatable bonds is 7. The molecule has 8 heteroatoms. The first-order valence-corrected chi connectivity index (χ1v) is 9.99. The monoisotopic (exact) mass is 412 g/mol. The minimum absolute atomic E-state index is 0.0451. The third-order valence-electron chi connectivity index (χ3n) is 4.21. The quantitative estimate of drug-likeness (QED) is 0.336. The molecule has 4 aromatic rings. The highest BCUT2D eigenvalue weighted by molar-refractivity contribution is 7.99. The Bertz CT molecular complexity index is 1120. The second-order valence-corrected chi connectivity index (χ2v) is 7.57. The van der Waals surface area contributed by atoms with E-state index in [9.17, 15) is 4.79 Å². The molecule has 2 aromatic heterocycles. The Labute approximate surface area is 170 Å². The first kappa shape index (κ1) is 18.6. The second kappa shape index (κ2) is 8.08. The minimum atomic E-state index is 0.0451. The number of H-pyrrole nitrogens is 2. The molecule has 6 nitrogen and oxygen atoms in total. The molecule has 0 atom stereocenters. The van der Waals surface area contributed by atoms with Gasteiger partial charge in [0.05, 0.1) is 5.75 Å². The summed E-state index contributed by atoms with van der Waals surface area (Å²) in [4.78, 5) is 20.3. The van der Waals surface area contributed by atoms with Crippen LogP contribution in [0.5, 0.6) is 5.75 Å². The molecule has 2 heterocycles. The summed E-state index contributed by atoms with van der Waals surface area (Å²) in [6.45, 7) is 2.17. The average Bonchev–Trinajstić information content (AvgIpc) is 3.29. The van der Waals surface area contributed by atoms with Crippen LogP contribution in [0, 0.1) is 6.92 Å². The van der Waals surface area contributed by atoms with Crippen molar-refractivity contribution in [1.29, 1.82) is 0 Å². The molecule has 0 fully saturated rings. The van der Waals surface area contributed by atoms with E-state index in [2.05, 4.69) is 20.2 Å². The number of ether oxygens (including phenoxy) is 1. The summed E-state index contributed by atoms with van der Waals surface area (Å²) in [5.74, 6) is 1.59. The fourth-order valence-electron chi connectivity index (χ4n) is 2.93. The van der Waals surface area contributed by atoms with Crippen LogP contribution in [0.2, 0.25) is 5.02 Å². The molecule has 0 radical (unpaired) electrons. The van der Waals surface area contributed by atoms with Crippen LogP contribution in [0.3, 0.4) is 0 Å². The lowest BCUT2D eigenvalue weighted by Gasteiger charge is -2.03. The molecule has 0 aliphatic heterocycles. The van der Waals surface area contributed by atoms with E-state index in [-0.39, 0.29) is 18.1 Å². The van der Waals surface area contributed by atoms with Gasteiger partial charge in [0.2, 0.25) is 5.16 Å². The van der Waals surface area contributed by atoms with Gasteiger partial charge < -0.3 is 9.72 Å². The number of hydrogen-bond donors (Lipinski definition) is 2. The van der Waals surface area contributed by atoms with E-state index in [0.29, 0.717) is 21.8 Å². The maximum atomic E-state index is 12.7. The molecule has 0 aliphatic carbocycles. The number of para-hydroxylation sites is 1. The summed E-state index contributed by atoms with van der Waals surface area (Å²) in [6.07, 6.45) is 0. The fourth-order valence-corrected chi connectivity index (χ4v) is 3.74. The summed E-state index contributed by atoms with van der Waals surface area (Å²) in [5, 5.41) is 9.09. The van der Waals surface area contributed by atoms with Gasteiger partial charge in [-0.15, -0.1) is 5.10 Å². The molecule has 0 unspecified atom stereocenters. The summed E-state index contributed by atoms with van der Waals surface area (Å²) in [5.41, 5.74) is 2.57. The van der Waals surface area contributed by atoms with E-state index < -0.39 is 0 Å². The van der Waals surface area contributed by atoms with Crippen molar-refractivity contribution in [2.75, 3.05) is 5.75 Å². The SMILES string of the molecule is Cc1[nH]c2ccccc2c1C(=O)CSc1n[nH]c(COc2ccc(Cl)cc2)n1. The predicted molar refractivity (Wildman–Crippen MR) is 110 cm³/mol. The molecule has 0 saturated carbocycles. The lowest BCUT2D eigenvalue weighted by molar-refractivity contribution is 0.102. The van der Waals surface area contributed by atoms with Crippen LogP contribution >= 0.6 is 23.4 Å². The van der Waals surface area contributed by atoms with Crippen molar-refractivity contribution in [3.63, 3.8) is 0 Å². The number of fused-ring (bicyclic) bond motifs is 1. The number of aromatic amines is 2. The molecule has 4 rings (SSSR count). The van der Waals surface area contributed by atoms with Gasteiger partial charge in [-0.05, 0) is 37.3 Å². The van der Waals surface area contributed by atoms with Crippen molar-refractivity contribution < 1.29 is 9.53 Å². The third kappa shape index (κ3) is 4.05. The summed E-state index contributed by atoms with van der Waals surface area (Å²) in [7, 11) is 0. The molecule has 28 heavy (non-hydrogen) atoms. The maximum Gasteiger partial charge on any atom is 0.208 e. The van der Waals surface area contributed by atoms with Crippen molar-refractivity contribution >= 4 is 40.0 Å². The zero-order chi connectivity index (χ0) is 19.5. The molecule has 0 spiro atoms. The number of hydrogen-bond acceptors (Lipinski definition) is 5. The number of Topliss-reactive ketones (excluding diaryl/α,β-unsaturated/α-hetero) is 1. The van der Waals surface area contributed by atoms with Gasteiger partial charge in [0, 0.05) is 27.2 Å². The summed E-state index contributed by atoms with van der Waals surface area (Å²) >= 11 is 7.15. The van der Waals surface area contributed by atoms with Crippen molar-refractivity contribution in [2.45, 2.75) is 18.7 Å². The first-order valence-electron chi connectivity index (χ1n) is 8.63. The molecule has 2 N–H and O–H groups in total. The predicted octanol–water partition coefficient (Wildman–Crippen LogP) is 4.80. The first-order chi connectivity index (χ1) is 13.6. The zero-order valence-corrected chi connectivity index (χ0v) is 16.6. The van der Waals surface area contributed by atoms with Crippen LogP contribution in [-0.2, 0) is 6.61 Å². The number of ketones is 1. The van der Waals surface area contributed by atoms with Crippen molar-refractivity contribution in [3.05, 3.63) is 70.6 Å². The normalized spacial score (nSPS) is 11.1. The number of carbonyl (C=O) groups excluding carboxylic acids is 1. The molecule has 142 valence electrons. The number of nitrogens with one attached hydrogen (secondary N) is 2. The Hall–Kier alpha value is -2.77. The number of aryl methyl sites for hydroxylation is 1. The van der Waals surface area contributed by atoms with E-state index in [0.717, 1.165) is 22.2 Å². The number of thioether (sulfide) groups is 1. The Morgan fingerprint density at radius 3 is 2.79 bits per heavy atom. The van der Waals surface area contributed by atoms with Crippen molar-refractivity contribution in [3.8, 4) is 5.75 Å². The highest BCUT2D eigenvalue weighted by Crippen LogP contribution is 2.24. The number of halogens is 1. The number of carbonyl (C=O) groups is 1. The van der Waals surface area contributed by atoms with E-state index in [1.54, 1.807) is 24.3 Å². The Morgan fingerprint density at radius 2 is 1.96 bits per heavy atom. The Morgan fingerprint density at radius 1 is 1.18 bits per heavy atom. The van der Waals surface area contributed by atoms with E-state index in [4.69, 9.17) is 16.3 Å². The molecule has 2 aromatic carbocycles. The lowest BCUT2D eigenvalue weighted by Crippen LogP contribution is -2.04. The summed E-state index contributed by atoms with van der Waals surface area (Å²) in [6, 6.07) is 14.9. The Balaban J connectivity index is 1.37. The van der Waals surface area contributed by atoms with E-state index in [1.807, 2.05) is 31.2 Å². The third-order valence-corrected chi connectivity index (χ3v) is 5.30. The molecule has 0 amide bonds. The standard InChI is InChI=1S/C20H17ClN4O2S/c1-12-19(15-4-2-3-5-16(15)22-12)17(26)11-28-20-23-18(24-25-20)10-27-14-8-6-13(21)7-9-14/h2-9,22H,10-11H2,1H3,(H,23,24,25). The van der Waals surface area contributed by atoms with Gasteiger partial charge in [-0.1, -0.05) is 41.6 Å². The van der Waals surface area contributed by atoms with E-state index >= 15 is 0 Å². The molecule has 0 aliphatic rings. The minimum Gasteiger partial charge on any atom is -0.486 e. The summed E-state index contributed by atoms with van der Waals surface area (Å²) < 4.78 is 5.64. The smallest absolute Gasteiger partial charge is 0.208 e. The van der Waals surface area contributed by atoms with Gasteiger partial charge in [0.15, 0.2) is 11.6 Å². The van der Waals surface area contributed by atoms with Gasteiger partial charge in [0.1, 0.15) is 12.4 Å². The zero-order valence-electron chi connectivity index (χ0n) is 15.0. The molecule has 0 saturated heterocycles.